The van der Waals surface area contributed by atoms with Gasteiger partial charge >= 0.3 is 0 Å². The van der Waals surface area contributed by atoms with E-state index in [1.807, 2.05) is 5.38 Å². The van der Waals surface area contributed by atoms with E-state index in [4.69, 9.17) is 0 Å². The fraction of sp³-hybridized carbons (Fsp3) is 0.421. The first-order valence-electron chi connectivity index (χ1n) is 8.36. The van der Waals surface area contributed by atoms with Crippen molar-refractivity contribution in [1.82, 2.24) is 10.2 Å². The molecule has 1 aliphatic rings. The third kappa shape index (κ3) is 4.08. The second-order valence-electron chi connectivity index (χ2n) is 6.63. The monoisotopic (exact) mass is 406 g/mol. The Morgan fingerprint density at radius 1 is 1.33 bits per heavy atom. The summed E-state index contributed by atoms with van der Waals surface area (Å²) in [6, 6.07) is 10.5. The number of hydrogen-bond acceptors (Lipinski definition) is 3. The van der Waals surface area contributed by atoms with Gasteiger partial charge in [-0.2, -0.15) is 0 Å². The van der Waals surface area contributed by atoms with E-state index in [0.29, 0.717) is 6.54 Å². The zero-order valence-corrected chi connectivity index (χ0v) is 16.5. The van der Waals surface area contributed by atoms with E-state index in [9.17, 15) is 4.79 Å². The Bertz CT molecular complexity index is 713. The summed E-state index contributed by atoms with van der Waals surface area (Å²) < 4.78 is 1.07. The van der Waals surface area contributed by atoms with Gasteiger partial charge in [0, 0.05) is 27.8 Å². The van der Waals surface area contributed by atoms with Crippen molar-refractivity contribution in [3.8, 4) is 0 Å². The Hall–Kier alpha value is -1.17. The van der Waals surface area contributed by atoms with E-state index >= 15 is 0 Å². The molecule has 1 atom stereocenters. The summed E-state index contributed by atoms with van der Waals surface area (Å²) >= 11 is 5.12. The highest BCUT2D eigenvalue weighted by molar-refractivity contribution is 9.10. The maximum atomic E-state index is 12.8. The average Bonchev–Trinajstić information content (AvgIpc) is 2.98. The normalized spacial score (nSPS) is 16.0. The number of amides is 1. The van der Waals surface area contributed by atoms with Crippen LogP contribution in [0.4, 0.5) is 0 Å². The second kappa shape index (κ2) is 7.81. The number of fused-ring (bicyclic) bond motifs is 1. The number of carbonyl (C=O) groups is 1. The zero-order chi connectivity index (χ0) is 17.1. The zero-order valence-electron chi connectivity index (χ0n) is 14.1. The molecule has 0 saturated heterocycles. The van der Waals surface area contributed by atoms with E-state index in [-0.39, 0.29) is 17.9 Å². The first kappa shape index (κ1) is 17.6. The first-order valence-corrected chi connectivity index (χ1v) is 10.0. The van der Waals surface area contributed by atoms with Crippen molar-refractivity contribution in [1.29, 1.82) is 0 Å². The molecule has 1 aliphatic heterocycles. The molecule has 0 aliphatic carbocycles. The number of rotatable bonds is 5. The minimum Gasteiger partial charge on any atom is -0.350 e. The van der Waals surface area contributed by atoms with Gasteiger partial charge in [-0.05, 0) is 45.5 Å². The smallest absolute Gasteiger partial charge is 0.237 e. The van der Waals surface area contributed by atoms with Crippen LogP contribution in [0.15, 0.2) is 40.2 Å². The van der Waals surface area contributed by atoms with Crippen molar-refractivity contribution in [2.75, 3.05) is 6.54 Å². The maximum absolute atomic E-state index is 12.8. The van der Waals surface area contributed by atoms with Gasteiger partial charge in [0.2, 0.25) is 5.91 Å². The van der Waals surface area contributed by atoms with Crippen molar-refractivity contribution in [2.24, 2.45) is 5.92 Å². The third-order valence-corrected chi connectivity index (χ3v) is 6.21. The van der Waals surface area contributed by atoms with Gasteiger partial charge in [-0.3, -0.25) is 9.69 Å². The lowest BCUT2D eigenvalue weighted by atomic mass is 9.94. The molecule has 2 aromatic rings. The number of benzene rings is 1. The molecule has 128 valence electrons. The van der Waals surface area contributed by atoms with Gasteiger partial charge in [0.05, 0.1) is 12.6 Å². The Labute approximate surface area is 156 Å². The molecule has 1 aromatic heterocycles. The number of carbonyl (C=O) groups excluding carboxylic acids is 1. The molecule has 0 fully saturated rings. The SMILES string of the molecule is CC(C)[C@H](C(=O)NCc1cc(Br)cs1)N1CCc2ccccc2C1. The molecule has 1 N–H and O–H groups in total. The highest BCUT2D eigenvalue weighted by Crippen LogP contribution is 2.24. The molecule has 0 saturated carbocycles. The number of thiophene rings is 1. The summed E-state index contributed by atoms with van der Waals surface area (Å²) in [6.07, 6.45) is 1.02. The Morgan fingerprint density at radius 3 is 2.75 bits per heavy atom. The summed E-state index contributed by atoms with van der Waals surface area (Å²) in [4.78, 5) is 16.3. The maximum Gasteiger partial charge on any atom is 0.237 e. The van der Waals surface area contributed by atoms with Crippen LogP contribution < -0.4 is 5.32 Å². The van der Waals surface area contributed by atoms with Crippen molar-refractivity contribution < 1.29 is 4.79 Å². The van der Waals surface area contributed by atoms with Gasteiger partial charge in [0.15, 0.2) is 0 Å². The quantitative estimate of drug-likeness (QED) is 0.806. The summed E-state index contributed by atoms with van der Waals surface area (Å²) in [6.45, 7) is 6.66. The second-order valence-corrected chi connectivity index (χ2v) is 8.54. The number of hydrogen-bond donors (Lipinski definition) is 1. The van der Waals surface area contributed by atoms with Gasteiger partial charge in [0.1, 0.15) is 0 Å². The van der Waals surface area contributed by atoms with E-state index in [2.05, 4.69) is 70.3 Å². The van der Waals surface area contributed by atoms with Crippen molar-refractivity contribution >= 4 is 33.2 Å². The van der Waals surface area contributed by atoms with Crippen molar-refractivity contribution in [3.05, 3.63) is 56.2 Å². The summed E-state index contributed by atoms with van der Waals surface area (Å²) in [5.41, 5.74) is 2.77. The molecule has 1 amide bonds. The molecule has 0 unspecified atom stereocenters. The predicted octanol–water partition coefficient (Wildman–Crippen LogP) is 4.21. The minimum atomic E-state index is -0.0817. The lowest BCUT2D eigenvalue weighted by Crippen LogP contribution is -2.51. The number of nitrogens with zero attached hydrogens (tertiary/aromatic N) is 1. The summed E-state index contributed by atoms with van der Waals surface area (Å²) in [5, 5.41) is 5.17. The Balaban J connectivity index is 1.67. The van der Waals surface area contributed by atoms with E-state index < -0.39 is 0 Å². The minimum absolute atomic E-state index is 0.0817. The predicted molar refractivity (Wildman–Crippen MR) is 103 cm³/mol. The van der Waals surface area contributed by atoms with Gasteiger partial charge < -0.3 is 5.32 Å². The Morgan fingerprint density at radius 2 is 2.08 bits per heavy atom. The van der Waals surface area contributed by atoms with Crippen LogP contribution in [-0.4, -0.2) is 23.4 Å². The fourth-order valence-corrected chi connectivity index (χ4v) is 4.76. The summed E-state index contributed by atoms with van der Waals surface area (Å²) in [5.74, 6) is 0.416. The summed E-state index contributed by atoms with van der Waals surface area (Å²) in [7, 11) is 0. The molecule has 0 spiro atoms. The van der Waals surface area contributed by atoms with Crippen molar-refractivity contribution in [2.45, 2.75) is 39.4 Å². The molecule has 2 heterocycles. The van der Waals surface area contributed by atoms with E-state index in [1.165, 1.54) is 16.0 Å². The molecule has 1 aromatic carbocycles. The first-order chi connectivity index (χ1) is 11.5. The average molecular weight is 407 g/mol. The molecular weight excluding hydrogens is 384 g/mol. The number of nitrogens with one attached hydrogen (secondary N) is 1. The van der Waals surface area contributed by atoms with Gasteiger partial charge in [-0.25, -0.2) is 0 Å². The highest BCUT2D eigenvalue weighted by Gasteiger charge is 2.31. The molecule has 5 heteroatoms. The van der Waals surface area contributed by atoms with Crippen LogP contribution in [0.25, 0.3) is 0 Å². The standard InChI is InChI=1S/C19H23BrN2OS/c1-13(2)18(19(23)21-10-17-9-16(20)12-24-17)22-8-7-14-5-3-4-6-15(14)11-22/h3-6,9,12-13,18H,7-8,10-11H2,1-2H3,(H,21,23)/t18-/m1/s1. The lowest BCUT2D eigenvalue weighted by Gasteiger charge is -2.36. The molecule has 0 radical (unpaired) electrons. The lowest BCUT2D eigenvalue weighted by molar-refractivity contribution is -0.128. The number of halogens is 1. The fourth-order valence-electron chi connectivity index (χ4n) is 3.37. The van der Waals surface area contributed by atoms with Gasteiger partial charge in [-0.15, -0.1) is 11.3 Å². The van der Waals surface area contributed by atoms with E-state index in [1.54, 1.807) is 11.3 Å². The van der Waals surface area contributed by atoms with Crippen LogP contribution in [-0.2, 0) is 24.3 Å². The molecule has 3 rings (SSSR count). The van der Waals surface area contributed by atoms with Crippen LogP contribution in [0.2, 0.25) is 0 Å². The van der Waals surface area contributed by atoms with Crippen molar-refractivity contribution in [3.63, 3.8) is 0 Å². The van der Waals surface area contributed by atoms with Crippen LogP contribution in [0.1, 0.15) is 29.9 Å². The van der Waals surface area contributed by atoms with Crippen LogP contribution in [0, 0.1) is 5.92 Å². The van der Waals surface area contributed by atoms with E-state index in [0.717, 1.165) is 24.0 Å². The van der Waals surface area contributed by atoms with Gasteiger partial charge in [0.25, 0.3) is 0 Å². The third-order valence-electron chi connectivity index (χ3n) is 4.51. The topological polar surface area (TPSA) is 32.3 Å². The highest BCUT2D eigenvalue weighted by atomic mass is 79.9. The molecular formula is C19H23BrN2OS. The van der Waals surface area contributed by atoms with Crippen LogP contribution >= 0.6 is 27.3 Å². The molecule has 0 bridgehead atoms. The largest absolute Gasteiger partial charge is 0.350 e. The van der Waals surface area contributed by atoms with Crippen LogP contribution in [0.3, 0.4) is 0 Å². The molecule has 24 heavy (non-hydrogen) atoms. The van der Waals surface area contributed by atoms with Crippen LogP contribution in [0.5, 0.6) is 0 Å². The Kier molecular flexibility index (Phi) is 5.74. The molecule has 3 nitrogen and oxygen atoms in total. The van der Waals surface area contributed by atoms with Gasteiger partial charge in [-0.1, -0.05) is 38.1 Å².